The third-order valence-electron chi connectivity index (χ3n) is 2.82. The Morgan fingerprint density at radius 3 is 2.38 bits per heavy atom. The van der Waals surface area contributed by atoms with E-state index in [4.69, 9.17) is 16.4 Å². The number of aromatic nitrogens is 2. The van der Waals surface area contributed by atoms with Gasteiger partial charge < -0.3 is 19.3 Å². The molecule has 0 atom stereocenters. The summed E-state index contributed by atoms with van der Waals surface area (Å²) in [5, 5.41) is 9.17. The molecule has 0 aliphatic rings. The summed E-state index contributed by atoms with van der Waals surface area (Å²) in [5.74, 6) is 0.149. The van der Waals surface area contributed by atoms with Crippen LogP contribution in [0.4, 0.5) is 0 Å². The first-order valence-corrected chi connectivity index (χ1v) is 7.71. The van der Waals surface area contributed by atoms with Gasteiger partial charge in [0.15, 0.2) is 4.77 Å². The largest absolute Gasteiger partial charge is 0.508 e. The van der Waals surface area contributed by atoms with Crippen molar-refractivity contribution in [2.75, 3.05) is 0 Å². The average Bonchev–Trinajstić information content (AvgIpc) is 2.80. The number of hydrogen-bond acceptors (Lipinski definition) is 5. The van der Waals surface area contributed by atoms with Crippen molar-refractivity contribution in [3.63, 3.8) is 0 Å². The number of aromatic amines is 2. The van der Waals surface area contributed by atoms with Gasteiger partial charge in [-0.1, -0.05) is 0 Å². The van der Waals surface area contributed by atoms with Gasteiger partial charge in [-0.05, 0) is 54.7 Å². The Morgan fingerprint density at radius 2 is 1.67 bits per heavy atom. The summed E-state index contributed by atoms with van der Waals surface area (Å²) in [4.78, 5) is 5.75. The topological polar surface area (TPSA) is 95.2 Å². The van der Waals surface area contributed by atoms with E-state index in [1.807, 2.05) is 0 Å². The summed E-state index contributed by atoms with van der Waals surface area (Å²) in [7, 11) is -3.96. The molecule has 0 aliphatic heterocycles. The minimum atomic E-state index is -3.96. The van der Waals surface area contributed by atoms with Crippen LogP contribution in [0, 0.1) is 4.77 Å². The highest BCUT2D eigenvalue weighted by Gasteiger charge is 2.17. The zero-order valence-electron chi connectivity index (χ0n) is 10.5. The molecule has 0 aliphatic carbocycles. The fraction of sp³-hybridized carbons (Fsp3) is 0. The summed E-state index contributed by atoms with van der Waals surface area (Å²) in [6.07, 6.45) is 0. The van der Waals surface area contributed by atoms with Crippen LogP contribution in [0.15, 0.2) is 47.4 Å². The molecule has 0 radical (unpaired) electrons. The van der Waals surface area contributed by atoms with E-state index in [1.165, 1.54) is 36.4 Å². The molecule has 2 aromatic carbocycles. The lowest BCUT2D eigenvalue weighted by atomic mass is 10.3. The Kier molecular flexibility index (Phi) is 3.19. The molecule has 0 bridgehead atoms. The van der Waals surface area contributed by atoms with Gasteiger partial charge in [-0.25, -0.2) is 0 Å². The Hall–Kier alpha value is -2.32. The second-order valence-corrected chi connectivity index (χ2v) is 6.27. The van der Waals surface area contributed by atoms with E-state index < -0.39 is 10.1 Å². The number of benzene rings is 2. The molecule has 108 valence electrons. The Labute approximate surface area is 125 Å². The van der Waals surface area contributed by atoms with Crippen LogP contribution in [0.3, 0.4) is 0 Å². The molecular formula is C13H10N2O4S2. The predicted octanol–water partition coefficient (Wildman–Crippen LogP) is 2.70. The van der Waals surface area contributed by atoms with E-state index in [0.717, 1.165) is 0 Å². The molecule has 0 saturated heterocycles. The molecule has 3 N–H and O–H groups in total. The third-order valence-corrected chi connectivity index (χ3v) is 4.27. The maximum atomic E-state index is 12.2. The van der Waals surface area contributed by atoms with Gasteiger partial charge in [0, 0.05) is 0 Å². The molecular weight excluding hydrogens is 312 g/mol. The summed E-state index contributed by atoms with van der Waals surface area (Å²) in [6, 6.07) is 9.91. The summed E-state index contributed by atoms with van der Waals surface area (Å²) in [6.45, 7) is 0. The van der Waals surface area contributed by atoms with Gasteiger partial charge in [-0.2, -0.15) is 8.42 Å². The van der Waals surface area contributed by atoms with Crippen molar-refractivity contribution in [2.24, 2.45) is 0 Å². The Morgan fingerprint density at radius 1 is 1.00 bits per heavy atom. The molecule has 21 heavy (non-hydrogen) atoms. The number of hydrogen-bond donors (Lipinski definition) is 3. The molecule has 0 fully saturated rings. The van der Waals surface area contributed by atoms with Crippen LogP contribution in [0.1, 0.15) is 0 Å². The van der Waals surface area contributed by atoms with Gasteiger partial charge in [-0.3, -0.25) is 0 Å². The van der Waals surface area contributed by atoms with E-state index in [0.29, 0.717) is 15.8 Å². The standard InChI is InChI=1S/C13H10N2O4S2/c16-8-1-3-9(4-2-8)19-21(17,18)10-5-6-11-12(7-10)15-13(20)14-11/h1-7,16H,(H2,14,15,20). The normalized spacial score (nSPS) is 11.6. The Balaban J connectivity index is 1.99. The molecule has 0 unspecified atom stereocenters. The van der Waals surface area contributed by atoms with Crippen molar-refractivity contribution in [1.82, 2.24) is 9.97 Å². The molecule has 3 aromatic rings. The molecule has 1 aromatic heterocycles. The number of nitrogens with one attached hydrogen (secondary N) is 2. The van der Waals surface area contributed by atoms with Crippen LogP contribution in [-0.2, 0) is 10.1 Å². The lowest BCUT2D eigenvalue weighted by Gasteiger charge is -2.07. The number of imidazole rings is 1. The SMILES string of the molecule is O=S(=O)(Oc1ccc(O)cc1)c1ccc2[nH]c(=S)[nH]c2c1. The second-order valence-electron chi connectivity index (χ2n) is 4.32. The number of H-pyrrole nitrogens is 2. The highest BCUT2D eigenvalue weighted by atomic mass is 32.2. The number of fused-ring (bicyclic) bond motifs is 1. The van der Waals surface area contributed by atoms with Crippen molar-refractivity contribution in [2.45, 2.75) is 4.90 Å². The minimum Gasteiger partial charge on any atom is -0.508 e. The van der Waals surface area contributed by atoms with Gasteiger partial charge in [0.2, 0.25) is 0 Å². The van der Waals surface area contributed by atoms with Crippen LogP contribution in [-0.4, -0.2) is 23.5 Å². The monoisotopic (exact) mass is 322 g/mol. The van der Waals surface area contributed by atoms with Crippen molar-refractivity contribution < 1.29 is 17.7 Å². The number of phenolic OH excluding ortho intramolecular Hbond substituents is 1. The fourth-order valence-corrected chi connectivity index (χ4v) is 3.02. The average molecular weight is 322 g/mol. The maximum Gasteiger partial charge on any atom is 0.339 e. The zero-order chi connectivity index (χ0) is 15.0. The highest BCUT2D eigenvalue weighted by Crippen LogP contribution is 2.23. The maximum absolute atomic E-state index is 12.2. The number of phenols is 1. The van der Waals surface area contributed by atoms with Crippen LogP contribution < -0.4 is 4.18 Å². The highest BCUT2D eigenvalue weighted by molar-refractivity contribution is 7.87. The quantitative estimate of drug-likeness (QED) is 0.509. The second kappa shape index (κ2) is 4.90. The third kappa shape index (κ3) is 2.76. The van der Waals surface area contributed by atoms with Crippen LogP contribution in [0.5, 0.6) is 11.5 Å². The van der Waals surface area contributed by atoms with Gasteiger partial charge in [0.1, 0.15) is 16.4 Å². The van der Waals surface area contributed by atoms with Gasteiger partial charge >= 0.3 is 10.1 Å². The summed E-state index contributed by atoms with van der Waals surface area (Å²) >= 11 is 4.95. The van der Waals surface area contributed by atoms with Crippen LogP contribution >= 0.6 is 12.2 Å². The number of rotatable bonds is 3. The summed E-state index contributed by atoms with van der Waals surface area (Å²) < 4.78 is 29.8. The van der Waals surface area contributed by atoms with Gasteiger partial charge in [0.05, 0.1) is 11.0 Å². The van der Waals surface area contributed by atoms with Crippen molar-refractivity contribution in [3.05, 3.63) is 47.2 Å². The molecule has 0 saturated carbocycles. The first kappa shape index (κ1) is 13.7. The predicted molar refractivity (Wildman–Crippen MR) is 79.4 cm³/mol. The molecule has 6 nitrogen and oxygen atoms in total. The molecule has 1 heterocycles. The van der Waals surface area contributed by atoms with Crippen molar-refractivity contribution in [1.29, 1.82) is 0 Å². The number of aromatic hydroxyl groups is 1. The first-order valence-electron chi connectivity index (χ1n) is 5.90. The van der Waals surface area contributed by atoms with E-state index in [1.54, 1.807) is 6.07 Å². The smallest absolute Gasteiger partial charge is 0.339 e. The van der Waals surface area contributed by atoms with E-state index >= 15 is 0 Å². The first-order chi connectivity index (χ1) is 9.94. The lowest BCUT2D eigenvalue weighted by Crippen LogP contribution is -2.09. The molecule has 0 spiro atoms. The molecule has 0 amide bonds. The van der Waals surface area contributed by atoms with Gasteiger partial charge in [-0.15, -0.1) is 0 Å². The van der Waals surface area contributed by atoms with E-state index in [2.05, 4.69) is 9.97 Å². The van der Waals surface area contributed by atoms with Crippen molar-refractivity contribution >= 4 is 33.4 Å². The van der Waals surface area contributed by atoms with Crippen molar-refractivity contribution in [3.8, 4) is 11.5 Å². The zero-order valence-corrected chi connectivity index (χ0v) is 12.2. The Bertz CT molecular complexity index is 956. The minimum absolute atomic E-state index is 0.00771. The summed E-state index contributed by atoms with van der Waals surface area (Å²) in [5.41, 5.74) is 1.29. The van der Waals surface area contributed by atoms with Crippen LogP contribution in [0.25, 0.3) is 11.0 Å². The van der Waals surface area contributed by atoms with Gasteiger partial charge in [0.25, 0.3) is 0 Å². The lowest BCUT2D eigenvalue weighted by molar-refractivity contribution is 0.468. The molecule has 3 rings (SSSR count). The van der Waals surface area contributed by atoms with E-state index in [-0.39, 0.29) is 16.4 Å². The van der Waals surface area contributed by atoms with Crippen LogP contribution in [0.2, 0.25) is 0 Å². The van der Waals surface area contributed by atoms with E-state index in [9.17, 15) is 13.5 Å². The molecule has 8 heteroatoms. The fourth-order valence-electron chi connectivity index (χ4n) is 1.84.